The Morgan fingerprint density at radius 1 is 1.77 bits per heavy atom. The molecule has 1 aromatic rings. The Hall–Kier alpha value is -1.72. The molecule has 6 heteroatoms. The monoisotopic (exact) mass is 184 g/mol. The minimum Gasteiger partial charge on any atom is -0.493 e. The van der Waals surface area contributed by atoms with E-state index in [1.165, 1.54) is 17.8 Å². The first kappa shape index (κ1) is 9.37. The Bertz CT molecular complexity index is 288. The second-order valence-corrected chi connectivity index (χ2v) is 2.55. The number of aromatic nitrogens is 2. The van der Waals surface area contributed by atoms with Crippen molar-refractivity contribution in [2.45, 2.75) is 6.54 Å². The number of aryl methyl sites for hydroxylation is 1. The average molecular weight is 184 g/mol. The van der Waals surface area contributed by atoms with Crippen molar-refractivity contribution in [1.29, 1.82) is 0 Å². The summed E-state index contributed by atoms with van der Waals surface area (Å²) >= 11 is 0. The van der Waals surface area contributed by atoms with E-state index in [1.54, 1.807) is 7.05 Å². The van der Waals surface area contributed by atoms with E-state index in [9.17, 15) is 4.79 Å². The maximum atomic E-state index is 10.8. The number of carbonyl (C=O) groups excluding carboxylic acids is 1. The summed E-state index contributed by atoms with van der Waals surface area (Å²) in [6.45, 7) is 0.300. The van der Waals surface area contributed by atoms with Gasteiger partial charge in [-0.15, -0.1) is 0 Å². The van der Waals surface area contributed by atoms with E-state index in [2.05, 4.69) is 15.7 Å². The van der Waals surface area contributed by atoms with Gasteiger partial charge in [0, 0.05) is 20.2 Å². The van der Waals surface area contributed by atoms with Crippen molar-refractivity contribution in [1.82, 2.24) is 20.4 Å². The van der Waals surface area contributed by atoms with Crippen molar-refractivity contribution >= 4 is 6.03 Å². The van der Waals surface area contributed by atoms with Crippen molar-refractivity contribution in [3.05, 3.63) is 11.8 Å². The molecule has 0 atom stereocenters. The molecule has 3 N–H and O–H groups in total. The number of hydrogen-bond acceptors (Lipinski definition) is 3. The summed E-state index contributed by atoms with van der Waals surface area (Å²) in [6.07, 6.45) is 0. The second kappa shape index (κ2) is 3.79. The molecule has 0 fully saturated rings. The molecule has 0 spiro atoms. The van der Waals surface area contributed by atoms with Gasteiger partial charge in [0.15, 0.2) is 0 Å². The predicted octanol–water partition coefficient (Wildman–Crippen LogP) is -0.445. The third-order valence-electron chi connectivity index (χ3n) is 1.56. The van der Waals surface area contributed by atoms with E-state index in [-0.39, 0.29) is 11.9 Å². The Labute approximate surface area is 75.6 Å². The summed E-state index contributed by atoms with van der Waals surface area (Å²) in [5.74, 6) is 0.0775. The average Bonchev–Trinajstić information content (AvgIpc) is 2.42. The van der Waals surface area contributed by atoms with Gasteiger partial charge in [-0.1, -0.05) is 0 Å². The topological polar surface area (TPSA) is 79.2 Å². The van der Waals surface area contributed by atoms with Gasteiger partial charge in [0.1, 0.15) is 0 Å². The quantitative estimate of drug-likeness (QED) is 0.582. The highest BCUT2D eigenvalue weighted by Gasteiger charge is 2.03. The van der Waals surface area contributed by atoms with E-state index in [4.69, 9.17) is 5.11 Å². The number of aromatic hydroxyl groups is 1. The lowest BCUT2D eigenvalue weighted by molar-refractivity contribution is 0.242. The molecule has 0 saturated heterocycles. The van der Waals surface area contributed by atoms with Gasteiger partial charge in [-0.25, -0.2) is 9.48 Å². The number of urea groups is 1. The van der Waals surface area contributed by atoms with Crippen LogP contribution in [0.1, 0.15) is 5.69 Å². The summed E-state index contributed by atoms with van der Waals surface area (Å²) in [4.78, 5) is 10.8. The van der Waals surface area contributed by atoms with Crippen molar-refractivity contribution in [3.63, 3.8) is 0 Å². The zero-order valence-electron chi connectivity index (χ0n) is 7.53. The molecule has 72 valence electrons. The first-order chi connectivity index (χ1) is 6.13. The standard InChI is InChI=1S/C7H12N4O2/c1-8-7(13)9-4-5-3-6(12)11(2)10-5/h3,12H,4H2,1-2H3,(H2,8,9,13). The minimum atomic E-state index is -0.273. The normalized spacial score (nSPS) is 9.69. The highest BCUT2D eigenvalue weighted by Crippen LogP contribution is 2.08. The molecular weight excluding hydrogens is 172 g/mol. The van der Waals surface area contributed by atoms with Crippen LogP contribution in [-0.4, -0.2) is 28.0 Å². The summed E-state index contributed by atoms with van der Waals surface area (Å²) in [7, 11) is 3.16. The van der Waals surface area contributed by atoms with E-state index >= 15 is 0 Å². The van der Waals surface area contributed by atoms with Gasteiger partial charge in [-0.3, -0.25) is 0 Å². The van der Waals surface area contributed by atoms with Gasteiger partial charge in [-0.05, 0) is 0 Å². The lowest BCUT2D eigenvalue weighted by Crippen LogP contribution is -2.32. The van der Waals surface area contributed by atoms with Crippen LogP contribution in [0.4, 0.5) is 4.79 Å². The predicted molar refractivity (Wildman–Crippen MR) is 46.2 cm³/mol. The molecule has 1 rings (SSSR count). The molecule has 0 unspecified atom stereocenters. The van der Waals surface area contributed by atoms with Gasteiger partial charge in [0.2, 0.25) is 5.88 Å². The minimum absolute atomic E-state index is 0.0775. The molecule has 0 aliphatic rings. The molecule has 1 heterocycles. The third-order valence-corrected chi connectivity index (χ3v) is 1.56. The lowest BCUT2D eigenvalue weighted by Gasteiger charge is -1.99. The number of rotatable bonds is 2. The summed E-state index contributed by atoms with van der Waals surface area (Å²) in [6, 6.07) is 1.22. The summed E-state index contributed by atoms with van der Waals surface area (Å²) in [5, 5.41) is 18.0. The number of carbonyl (C=O) groups is 1. The maximum Gasteiger partial charge on any atom is 0.314 e. The van der Waals surface area contributed by atoms with Crippen LogP contribution in [0, 0.1) is 0 Å². The van der Waals surface area contributed by atoms with Crippen LogP contribution in [0.15, 0.2) is 6.07 Å². The molecule has 1 aromatic heterocycles. The number of amides is 2. The zero-order chi connectivity index (χ0) is 9.84. The summed E-state index contributed by atoms with van der Waals surface area (Å²) < 4.78 is 1.33. The maximum absolute atomic E-state index is 10.8. The van der Waals surface area contributed by atoms with Crippen LogP contribution in [0.3, 0.4) is 0 Å². The number of hydrogen-bond donors (Lipinski definition) is 3. The SMILES string of the molecule is CNC(=O)NCc1cc(O)n(C)n1. The fourth-order valence-corrected chi connectivity index (χ4v) is 0.861. The largest absolute Gasteiger partial charge is 0.493 e. The van der Waals surface area contributed by atoms with E-state index < -0.39 is 0 Å². The van der Waals surface area contributed by atoms with Crippen LogP contribution in [0.25, 0.3) is 0 Å². The molecule has 6 nitrogen and oxygen atoms in total. The molecule has 2 amide bonds. The molecule has 13 heavy (non-hydrogen) atoms. The first-order valence-corrected chi connectivity index (χ1v) is 3.81. The Morgan fingerprint density at radius 3 is 2.92 bits per heavy atom. The van der Waals surface area contributed by atoms with Gasteiger partial charge < -0.3 is 15.7 Å². The van der Waals surface area contributed by atoms with Crippen LogP contribution < -0.4 is 10.6 Å². The zero-order valence-corrected chi connectivity index (χ0v) is 7.53. The van der Waals surface area contributed by atoms with Gasteiger partial charge in [0.25, 0.3) is 0 Å². The van der Waals surface area contributed by atoms with Crippen molar-refractivity contribution < 1.29 is 9.90 Å². The van der Waals surface area contributed by atoms with E-state index in [0.29, 0.717) is 12.2 Å². The van der Waals surface area contributed by atoms with Crippen molar-refractivity contribution in [2.75, 3.05) is 7.05 Å². The third kappa shape index (κ3) is 2.36. The Kier molecular flexibility index (Phi) is 2.73. The molecule has 0 aromatic carbocycles. The highest BCUT2D eigenvalue weighted by atomic mass is 16.3. The van der Waals surface area contributed by atoms with Crippen molar-refractivity contribution in [2.24, 2.45) is 7.05 Å². The molecule has 0 radical (unpaired) electrons. The van der Waals surface area contributed by atoms with Gasteiger partial charge in [0.05, 0.1) is 12.2 Å². The first-order valence-electron chi connectivity index (χ1n) is 3.81. The highest BCUT2D eigenvalue weighted by molar-refractivity contribution is 5.73. The molecule has 0 aliphatic carbocycles. The van der Waals surface area contributed by atoms with Gasteiger partial charge in [-0.2, -0.15) is 5.10 Å². The smallest absolute Gasteiger partial charge is 0.314 e. The number of nitrogens with one attached hydrogen (secondary N) is 2. The van der Waals surface area contributed by atoms with Crippen molar-refractivity contribution in [3.8, 4) is 5.88 Å². The van der Waals surface area contributed by atoms with E-state index in [1.807, 2.05) is 0 Å². The molecule has 0 bridgehead atoms. The lowest BCUT2D eigenvalue weighted by atomic mass is 10.4. The van der Waals surface area contributed by atoms with Gasteiger partial charge >= 0.3 is 6.03 Å². The molecule has 0 saturated carbocycles. The number of nitrogens with zero attached hydrogens (tertiary/aromatic N) is 2. The van der Waals surface area contributed by atoms with Crippen LogP contribution in [-0.2, 0) is 13.6 Å². The molecule has 0 aliphatic heterocycles. The second-order valence-electron chi connectivity index (χ2n) is 2.55. The fourth-order valence-electron chi connectivity index (χ4n) is 0.861. The fraction of sp³-hybridized carbons (Fsp3) is 0.429. The van der Waals surface area contributed by atoms with E-state index in [0.717, 1.165) is 0 Å². The summed E-state index contributed by atoms with van der Waals surface area (Å²) in [5.41, 5.74) is 0.614. The Balaban J connectivity index is 2.50. The molecular formula is C7H12N4O2. The van der Waals surface area contributed by atoms with Crippen LogP contribution in [0.2, 0.25) is 0 Å². The Morgan fingerprint density at radius 2 is 2.46 bits per heavy atom. The van der Waals surface area contributed by atoms with Crippen LogP contribution in [0.5, 0.6) is 5.88 Å². The van der Waals surface area contributed by atoms with Crippen LogP contribution >= 0.6 is 0 Å².